The van der Waals surface area contributed by atoms with Gasteiger partial charge in [0.05, 0.1) is 20.3 Å². The Kier molecular flexibility index (Phi) is 4.80. The van der Waals surface area contributed by atoms with Gasteiger partial charge in [0, 0.05) is 12.5 Å². The molecule has 0 spiro atoms. The minimum absolute atomic E-state index is 0.0474. The normalized spacial score (nSPS) is 19.9. The molecule has 2 unspecified atom stereocenters. The molecule has 1 aromatic rings. The number of benzene rings is 1. The van der Waals surface area contributed by atoms with Gasteiger partial charge in [0.2, 0.25) is 11.8 Å². The van der Waals surface area contributed by atoms with Crippen LogP contribution in [0.1, 0.15) is 31.4 Å². The quantitative estimate of drug-likeness (QED) is 0.796. The van der Waals surface area contributed by atoms with E-state index in [1.807, 2.05) is 25.1 Å². The van der Waals surface area contributed by atoms with E-state index in [1.54, 1.807) is 14.2 Å². The Morgan fingerprint density at radius 1 is 1.24 bits per heavy atom. The summed E-state index contributed by atoms with van der Waals surface area (Å²) in [6.07, 6.45) is 0.879. The first-order chi connectivity index (χ1) is 10.0. The maximum Gasteiger partial charge on any atom is 0.243 e. The van der Waals surface area contributed by atoms with Gasteiger partial charge < -0.3 is 9.47 Å². The second kappa shape index (κ2) is 6.58. The van der Waals surface area contributed by atoms with Crippen LogP contribution in [0.25, 0.3) is 0 Å². The van der Waals surface area contributed by atoms with Gasteiger partial charge in [0.25, 0.3) is 0 Å². The van der Waals surface area contributed by atoms with E-state index in [0.29, 0.717) is 24.3 Å². The highest BCUT2D eigenvalue weighted by molar-refractivity contribution is 6.00. The Morgan fingerprint density at radius 2 is 1.95 bits per heavy atom. The summed E-state index contributed by atoms with van der Waals surface area (Å²) in [4.78, 5) is 22.9. The van der Waals surface area contributed by atoms with Crippen LogP contribution in [-0.2, 0) is 9.59 Å². The smallest absolute Gasteiger partial charge is 0.243 e. The van der Waals surface area contributed by atoms with E-state index in [4.69, 9.17) is 9.47 Å². The summed E-state index contributed by atoms with van der Waals surface area (Å²) >= 11 is 0. The molecule has 2 rings (SSSR count). The van der Waals surface area contributed by atoms with Gasteiger partial charge in [-0.1, -0.05) is 6.07 Å². The van der Waals surface area contributed by atoms with Crippen LogP contribution in [0, 0.1) is 0 Å². The van der Waals surface area contributed by atoms with E-state index in [2.05, 4.69) is 10.6 Å². The van der Waals surface area contributed by atoms with Crippen LogP contribution >= 0.6 is 0 Å². The molecule has 2 N–H and O–H groups in total. The number of hydrogen-bond donors (Lipinski definition) is 2. The minimum atomic E-state index is -0.356. The monoisotopic (exact) mass is 292 g/mol. The van der Waals surface area contributed by atoms with Crippen molar-refractivity contribution in [3.63, 3.8) is 0 Å². The molecule has 0 aromatic heterocycles. The van der Waals surface area contributed by atoms with Crippen LogP contribution in [-0.4, -0.2) is 32.1 Å². The minimum Gasteiger partial charge on any atom is -0.493 e. The van der Waals surface area contributed by atoms with Gasteiger partial charge in [-0.05, 0) is 31.0 Å². The SMILES string of the molecule is COc1ccc(C(C)NC2CCC(=O)NC2=O)cc1OC. The van der Waals surface area contributed by atoms with E-state index in [1.165, 1.54) is 0 Å². The number of carbonyl (C=O) groups is 2. The molecule has 6 nitrogen and oxygen atoms in total. The number of piperidine rings is 1. The summed E-state index contributed by atoms with van der Waals surface area (Å²) in [7, 11) is 3.17. The Balaban J connectivity index is 2.08. The molecule has 1 heterocycles. The summed E-state index contributed by atoms with van der Waals surface area (Å²) < 4.78 is 10.5. The summed E-state index contributed by atoms with van der Waals surface area (Å²) in [6, 6.07) is 5.23. The first kappa shape index (κ1) is 15.3. The molecule has 1 aliphatic rings. The lowest BCUT2D eigenvalue weighted by Gasteiger charge is -2.26. The molecule has 1 aliphatic heterocycles. The van der Waals surface area contributed by atoms with Crippen molar-refractivity contribution in [2.45, 2.75) is 31.8 Å². The molecule has 6 heteroatoms. The van der Waals surface area contributed by atoms with Crippen LogP contribution in [0.3, 0.4) is 0 Å². The van der Waals surface area contributed by atoms with E-state index in [-0.39, 0.29) is 23.9 Å². The van der Waals surface area contributed by atoms with Crippen molar-refractivity contribution in [1.82, 2.24) is 10.6 Å². The van der Waals surface area contributed by atoms with Crippen LogP contribution in [0.5, 0.6) is 11.5 Å². The highest BCUT2D eigenvalue weighted by Gasteiger charge is 2.27. The molecule has 21 heavy (non-hydrogen) atoms. The fourth-order valence-electron chi connectivity index (χ4n) is 2.37. The standard InChI is InChI=1S/C15H20N2O4/c1-9(16-11-5-7-14(18)17-15(11)19)10-4-6-12(20-2)13(8-10)21-3/h4,6,8-9,11,16H,5,7H2,1-3H3,(H,17,18,19). The molecule has 1 fully saturated rings. The second-order valence-corrected chi connectivity index (χ2v) is 5.01. The fraction of sp³-hybridized carbons (Fsp3) is 0.467. The first-order valence-electron chi connectivity index (χ1n) is 6.86. The van der Waals surface area contributed by atoms with E-state index >= 15 is 0 Å². The van der Waals surface area contributed by atoms with Crippen molar-refractivity contribution in [1.29, 1.82) is 0 Å². The summed E-state index contributed by atoms with van der Waals surface area (Å²) in [5, 5.41) is 5.58. The van der Waals surface area contributed by atoms with Crippen LogP contribution < -0.4 is 20.1 Å². The predicted molar refractivity (Wildman–Crippen MR) is 77.3 cm³/mol. The Hall–Kier alpha value is -2.08. The lowest BCUT2D eigenvalue weighted by Crippen LogP contribution is -2.51. The van der Waals surface area contributed by atoms with Gasteiger partial charge in [-0.2, -0.15) is 0 Å². The van der Waals surface area contributed by atoms with Crippen molar-refractivity contribution in [3.05, 3.63) is 23.8 Å². The van der Waals surface area contributed by atoms with Gasteiger partial charge in [-0.3, -0.25) is 20.2 Å². The number of ether oxygens (including phenoxy) is 2. The third kappa shape index (κ3) is 3.52. The highest BCUT2D eigenvalue weighted by Crippen LogP contribution is 2.30. The van der Waals surface area contributed by atoms with E-state index in [0.717, 1.165) is 5.56 Å². The Morgan fingerprint density at radius 3 is 2.57 bits per heavy atom. The number of amides is 2. The second-order valence-electron chi connectivity index (χ2n) is 5.01. The highest BCUT2D eigenvalue weighted by atomic mass is 16.5. The molecule has 0 aliphatic carbocycles. The lowest BCUT2D eigenvalue weighted by molar-refractivity contribution is -0.134. The topological polar surface area (TPSA) is 76.7 Å². The zero-order chi connectivity index (χ0) is 15.4. The van der Waals surface area contributed by atoms with Crippen LogP contribution in [0.2, 0.25) is 0 Å². The van der Waals surface area contributed by atoms with Crippen molar-refractivity contribution >= 4 is 11.8 Å². The molecule has 0 radical (unpaired) electrons. The molecule has 1 saturated heterocycles. The number of carbonyl (C=O) groups excluding carboxylic acids is 2. The number of methoxy groups -OCH3 is 2. The Bertz CT molecular complexity index is 544. The van der Waals surface area contributed by atoms with E-state index in [9.17, 15) is 9.59 Å². The van der Waals surface area contributed by atoms with Gasteiger partial charge in [-0.25, -0.2) is 0 Å². The average Bonchev–Trinajstić information content (AvgIpc) is 2.49. The lowest BCUT2D eigenvalue weighted by atomic mass is 10.0. The Labute approximate surface area is 123 Å². The molecular weight excluding hydrogens is 272 g/mol. The summed E-state index contributed by atoms with van der Waals surface area (Å²) in [5.74, 6) is 0.830. The zero-order valence-corrected chi connectivity index (χ0v) is 12.4. The molecule has 0 saturated carbocycles. The van der Waals surface area contributed by atoms with Crippen molar-refractivity contribution in [3.8, 4) is 11.5 Å². The third-order valence-electron chi connectivity index (χ3n) is 3.60. The molecule has 2 atom stereocenters. The largest absolute Gasteiger partial charge is 0.493 e. The summed E-state index contributed by atoms with van der Waals surface area (Å²) in [5.41, 5.74) is 0.984. The van der Waals surface area contributed by atoms with Crippen LogP contribution in [0.15, 0.2) is 18.2 Å². The fourth-order valence-corrected chi connectivity index (χ4v) is 2.37. The van der Waals surface area contributed by atoms with Crippen molar-refractivity contribution < 1.29 is 19.1 Å². The summed E-state index contributed by atoms with van der Waals surface area (Å²) in [6.45, 7) is 1.96. The molecule has 0 bridgehead atoms. The predicted octanol–water partition coefficient (Wildman–Crippen LogP) is 1.16. The molecule has 1 aromatic carbocycles. The average molecular weight is 292 g/mol. The number of nitrogens with one attached hydrogen (secondary N) is 2. The maximum atomic E-state index is 11.8. The third-order valence-corrected chi connectivity index (χ3v) is 3.60. The van der Waals surface area contributed by atoms with Crippen molar-refractivity contribution in [2.24, 2.45) is 0 Å². The number of rotatable bonds is 5. The first-order valence-corrected chi connectivity index (χ1v) is 6.86. The van der Waals surface area contributed by atoms with Gasteiger partial charge in [0.1, 0.15) is 0 Å². The number of imide groups is 1. The van der Waals surface area contributed by atoms with Crippen molar-refractivity contribution in [2.75, 3.05) is 14.2 Å². The molecular formula is C15H20N2O4. The van der Waals surface area contributed by atoms with Crippen LogP contribution in [0.4, 0.5) is 0 Å². The molecule has 2 amide bonds. The maximum absolute atomic E-state index is 11.8. The van der Waals surface area contributed by atoms with Gasteiger partial charge in [-0.15, -0.1) is 0 Å². The number of hydrogen-bond acceptors (Lipinski definition) is 5. The van der Waals surface area contributed by atoms with Gasteiger partial charge >= 0.3 is 0 Å². The zero-order valence-electron chi connectivity index (χ0n) is 12.4. The molecule has 114 valence electrons. The van der Waals surface area contributed by atoms with E-state index < -0.39 is 0 Å². The van der Waals surface area contributed by atoms with Gasteiger partial charge in [0.15, 0.2) is 11.5 Å².